The molecule has 2 heterocycles. The van der Waals surface area contributed by atoms with Crippen LogP contribution in [0.5, 0.6) is 17.2 Å². The van der Waals surface area contributed by atoms with E-state index >= 15 is 0 Å². The van der Waals surface area contributed by atoms with Crippen LogP contribution in [0.4, 0.5) is 5.69 Å². The summed E-state index contributed by atoms with van der Waals surface area (Å²) in [6.07, 6.45) is -0.776. The van der Waals surface area contributed by atoms with Gasteiger partial charge in [-0.2, -0.15) is 0 Å². The highest BCUT2D eigenvalue weighted by Crippen LogP contribution is 2.35. The van der Waals surface area contributed by atoms with Crippen molar-refractivity contribution in [3.8, 4) is 17.2 Å². The van der Waals surface area contributed by atoms with Crippen LogP contribution in [-0.2, 0) is 9.53 Å². The Morgan fingerprint density at radius 2 is 1.73 bits per heavy atom. The van der Waals surface area contributed by atoms with E-state index in [9.17, 15) is 9.59 Å². The van der Waals surface area contributed by atoms with Crippen LogP contribution in [0.25, 0.3) is 0 Å². The first-order chi connectivity index (χ1) is 14.6. The molecule has 2 aliphatic heterocycles. The molecule has 1 atom stereocenters. The number of fused-ring (bicyclic) bond motifs is 1. The number of carbonyl (C=O) groups is 2. The van der Waals surface area contributed by atoms with Gasteiger partial charge in [0.1, 0.15) is 5.75 Å². The van der Waals surface area contributed by atoms with Crippen LogP contribution >= 0.6 is 0 Å². The van der Waals surface area contributed by atoms with E-state index in [4.69, 9.17) is 18.9 Å². The normalized spacial score (nSPS) is 18.3. The number of carbonyl (C=O) groups excluding carboxylic acids is 2. The molecule has 2 aliphatic rings. The number of para-hydroxylation sites is 2. The van der Waals surface area contributed by atoms with E-state index in [2.05, 4.69) is 0 Å². The second-order valence-electron chi connectivity index (χ2n) is 7.00. The molecular weight excluding hydrogens is 388 g/mol. The smallest absolute Gasteiger partial charge is 0.265 e. The maximum Gasteiger partial charge on any atom is 0.265 e. The molecule has 30 heavy (non-hydrogen) atoms. The van der Waals surface area contributed by atoms with E-state index in [0.29, 0.717) is 54.8 Å². The molecule has 0 N–H and O–H groups in total. The molecule has 2 amide bonds. The molecule has 1 fully saturated rings. The topological polar surface area (TPSA) is 77.5 Å². The third-order valence-corrected chi connectivity index (χ3v) is 5.25. The summed E-state index contributed by atoms with van der Waals surface area (Å²) in [6.45, 7) is 2.17. The lowest BCUT2D eigenvalue weighted by atomic mass is 10.1. The van der Waals surface area contributed by atoms with Gasteiger partial charge in [0.25, 0.3) is 11.8 Å². The fourth-order valence-corrected chi connectivity index (χ4v) is 3.67. The summed E-state index contributed by atoms with van der Waals surface area (Å²) in [4.78, 5) is 29.7. The van der Waals surface area contributed by atoms with Crippen LogP contribution in [0.15, 0.2) is 42.5 Å². The van der Waals surface area contributed by atoms with Crippen molar-refractivity contribution in [2.24, 2.45) is 0 Å². The van der Waals surface area contributed by atoms with E-state index in [0.717, 1.165) is 0 Å². The van der Waals surface area contributed by atoms with Gasteiger partial charge in [-0.1, -0.05) is 12.1 Å². The number of ether oxygens (including phenoxy) is 4. The monoisotopic (exact) mass is 412 g/mol. The van der Waals surface area contributed by atoms with E-state index in [1.54, 1.807) is 41.2 Å². The fraction of sp³-hybridized carbons (Fsp3) is 0.364. The van der Waals surface area contributed by atoms with Crippen LogP contribution in [0.2, 0.25) is 0 Å². The van der Waals surface area contributed by atoms with Gasteiger partial charge in [-0.15, -0.1) is 0 Å². The summed E-state index contributed by atoms with van der Waals surface area (Å²) in [5.41, 5.74) is 1.06. The number of amides is 2. The third-order valence-electron chi connectivity index (χ3n) is 5.25. The number of benzene rings is 2. The van der Waals surface area contributed by atoms with E-state index in [1.165, 1.54) is 7.11 Å². The van der Waals surface area contributed by atoms with Gasteiger partial charge in [0.05, 0.1) is 39.7 Å². The summed E-state index contributed by atoms with van der Waals surface area (Å²) in [5, 5.41) is 0. The summed E-state index contributed by atoms with van der Waals surface area (Å²) in [5.74, 6) is 1.12. The number of rotatable bonds is 4. The van der Waals surface area contributed by atoms with Gasteiger partial charge >= 0.3 is 0 Å². The molecule has 0 radical (unpaired) electrons. The maximum atomic E-state index is 13.4. The fourth-order valence-electron chi connectivity index (χ4n) is 3.67. The molecule has 0 bridgehead atoms. The van der Waals surface area contributed by atoms with E-state index < -0.39 is 6.10 Å². The molecule has 0 spiro atoms. The van der Waals surface area contributed by atoms with Gasteiger partial charge in [0, 0.05) is 18.7 Å². The van der Waals surface area contributed by atoms with Crippen molar-refractivity contribution in [2.75, 3.05) is 52.0 Å². The van der Waals surface area contributed by atoms with Crippen molar-refractivity contribution in [3.05, 3.63) is 48.0 Å². The van der Waals surface area contributed by atoms with E-state index in [1.807, 2.05) is 18.2 Å². The largest absolute Gasteiger partial charge is 0.493 e. The van der Waals surface area contributed by atoms with Gasteiger partial charge in [-0.25, -0.2) is 0 Å². The molecule has 0 aromatic heterocycles. The minimum absolute atomic E-state index is 0.125. The highest BCUT2D eigenvalue weighted by molar-refractivity contribution is 6.08. The van der Waals surface area contributed by atoms with Gasteiger partial charge in [0.15, 0.2) is 17.6 Å². The number of nitrogens with zero attached hydrogens (tertiary/aromatic N) is 2. The Morgan fingerprint density at radius 3 is 2.47 bits per heavy atom. The molecular formula is C22H24N2O6. The molecule has 8 heteroatoms. The summed E-state index contributed by atoms with van der Waals surface area (Å²) < 4.78 is 21.9. The lowest BCUT2D eigenvalue weighted by Crippen LogP contribution is -2.54. The standard InChI is InChI=1S/C22H24N2O6/c1-27-18-8-7-15(13-19(18)28-2)21(25)24-14-20(22(26)23-9-11-29-12-10-23)30-17-6-4-3-5-16(17)24/h3-8,13,20H,9-12,14H2,1-2H3/t20-/m1/s1. The predicted molar refractivity (Wildman–Crippen MR) is 109 cm³/mol. The molecule has 2 aromatic carbocycles. The first-order valence-electron chi connectivity index (χ1n) is 9.78. The van der Waals surface area contributed by atoms with Crippen molar-refractivity contribution in [3.63, 3.8) is 0 Å². The van der Waals surface area contributed by atoms with Gasteiger partial charge in [0.2, 0.25) is 0 Å². The Labute approximate surface area is 174 Å². The minimum atomic E-state index is -0.776. The summed E-state index contributed by atoms with van der Waals surface area (Å²) in [6, 6.07) is 12.2. The molecule has 8 nitrogen and oxygen atoms in total. The zero-order valence-electron chi connectivity index (χ0n) is 17.0. The third kappa shape index (κ3) is 3.78. The Bertz CT molecular complexity index is 941. The molecule has 0 saturated carbocycles. The zero-order valence-corrected chi connectivity index (χ0v) is 17.0. The molecule has 0 unspecified atom stereocenters. The lowest BCUT2D eigenvalue weighted by Gasteiger charge is -2.37. The highest BCUT2D eigenvalue weighted by Gasteiger charge is 2.36. The van der Waals surface area contributed by atoms with Crippen LogP contribution in [0.1, 0.15) is 10.4 Å². The Balaban J connectivity index is 1.64. The molecule has 1 saturated heterocycles. The Kier molecular flexibility index (Phi) is 5.76. The van der Waals surface area contributed by atoms with Crippen molar-refractivity contribution in [2.45, 2.75) is 6.10 Å². The molecule has 158 valence electrons. The number of morpholine rings is 1. The average Bonchev–Trinajstić information content (AvgIpc) is 2.82. The predicted octanol–water partition coefficient (Wildman–Crippen LogP) is 1.97. The number of hydrogen-bond acceptors (Lipinski definition) is 6. The summed E-state index contributed by atoms with van der Waals surface area (Å²) >= 11 is 0. The van der Waals surface area contributed by atoms with Gasteiger partial charge < -0.3 is 28.7 Å². The SMILES string of the molecule is COc1ccc(C(=O)N2C[C@H](C(=O)N3CCOCC3)Oc3ccccc32)cc1OC. The number of anilines is 1. The van der Waals surface area contributed by atoms with Crippen molar-refractivity contribution >= 4 is 17.5 Å². The van der Waals surface area contributed by atoms with Crippen LogP contribution < -0.4 is 19.1 Å². The summed E-state index contributed by atoms with van der Waals surface area (Å²) in [7, 11) is 3.06. The maximum absolute atomic E-state index is 13.4. The first kappa shape index (κ1) is 20.0. The van der Waals surface area contributed by atoms with Crippen LogP contribution in [0.3, 0.4) is 0 Å². The second kappa shape index (κ2) is 8.62. The first-order valence-corrected chi connectivity index (χ1v) is 9.78. The molecule has 0 aliphatic carbocycles. The molecule has 4 rings (SSSR count). The van der Waals surface area contributed by atoms with Crippen LogP contribution in [0, 0.1) is 0 Å². The quantitative estimate of drug-likeness (QED) is 0.764. The average molecular weight is 412 g/mol. The van der Waals surface area contributed by atoms with Crippen molar-refractivity contribution < 1.29 is 28.5 Å². The lowest BCUT2D eigenvalue weighted by molar-refractivity contribution is -0.142. The van der Waals surface area contributed by atoms with Crippen LogP contribution in [-0.4, -0.2) is 69.9 Å². The van der Waals surface area contributed by atoms with Crippen molar-refractivity contribution in [1.82, 2.24) is 4.90 Å². The highest BCUT2D eigenvalue weighted by atomic mass is 16.5. The van der Waals surface area contributed by atoms with Gasteiger partial charge in [-0.3, -0.25) is 9.59 Å². The Morgan fingerprint density at radius 1 is 1.00 bits per heavy atom. The molecule has 2 aromatic rings. The van der Waals surface area contributed by atoms with E-state index in [-0.39, 0.29) is 18.4 Å². The number of methoxy groups -OCH3 is 2. The number of hydrogen-bond donors (Lipinski definition) is 0. The zero-order chi connectivity index (χ0) is 21.1. The van der Waals surface area contributed by atoms with Gasteiger partial charge in [-0.05, 0) is 30.3 Å². The Hall–Kier alpha value is -3.26. The van der Waals surface area contributed by atoms with Crippen molar-refractivity contribution in [1.29, 1.82) is 0 Å². The second-order valence-corrected chi connectivity index (χ2v) is 7.00. The minimum Gasteiger partial charge on any atom is -0.493 e.